The summed E-state index contributed by atoms with van der Waals surface area (Å²) in [5.74, 6) is 5.23. The topological polar surface area (TPSA) is 174 Å². The average Bonchev–Trinajstić information content (AvgIpc) is 3.99. The molecule has 2 aromatic carbocycles. The summed E-state index contributed by atoms with van der Waals surface area (Å²) in [5, 5.41) is 27.7. The quantitative estimate of drug-likeness (QED) is 0.147. The number of piperidine rings is 1. The number of fused-ring (bicyclic) bond motifs is 3. The van der Waals surface area contributed by atoms with Gasteiger partial charge in [-0.05, 0) is 125 Å². The molecule has 6 aromatic rings. The van der Waals surface area contributed by atoms with Gasteiger partial charge in [0.15, 0.2) is 23.2 Å². The molecule has 10 rings (SSSR count). The Bertz CT molecular complexity index is 2640. The second-order valence-electron chi connectivity index (χ2n) is 17.2. The Morgan fingerprint density at radius 1 is 0.968 bits per heavy atom. The zero-order valence-corrected chi connectivity index (χ0v) is 37.4. The van der Waals surface area contributed by atoms with Crippen molar-refractivity contribution in [1.82, 2.24) is 29.9 Å². The lowest BCUT2D eigenvalue weighted by atomic mass is 9.64. The van der Waals surface area contributed by atoms with E-state index in [1.165, 1.54) is 54.5 Å². The van der Waals surface area contributed by atoms with Crippen molar-refractivity contribution < 1.29 is 13.9 Å². The second-order valence-corrected chi connectivity index (χ2v) is 18.8. The van der Waals surface area contributed by atoms with E-state index in [1.807, 2.05) is 25.1 Å². The fourth-order valence-electron chi connectivity index (χ4n) is 9.54. The fourth-order valence-corrected chi connectivity index (χ4v) is 11.0. The fraction of sp³-hybridized carbons (Fsp3) is 0.417. The highest BCUT2D eigenvalue weighted by Crippen LogP contribution is 2.48. The zero-order chi connectivity index (χ0) is 43.6. The van der Waals surface area contributed by atoms with Crippen LogP contribution in [-0.2, 0) is 6.42 Å². The van der Waals surface area contributed by atoms with Crippen molar-refractivity contribution in [2.45, 2.75) is 103 Å². The van der Waals surface area contributed by atoms with E-state index < -0.39 is 5.91 Å². The van der Waals surface area contributed by atoms with Crippen LogP contribution in [-0.4, -0.2) is 60.8 Å². The molecule has 2 aliphatic carbocycles. The van der Waals surface area contributed by atoms with E-state index in [1.54, 1.807) is 42.0 Å². The van der Waals surface area contributed by atoms with E-state index in [2.05, 4.69) is 73.0 Å². The predicted octanol–water partition coefficient (Wildman–Crippen LogP) is 9.60. The highest BCUT2D eigenvalue weighted by Gasteiger charge is 2.38. The second kappa shape index (κ2) is 18.4. The lowest BCUT2D eigenvalue weighted by Crippen LogP contribution is -2.42. The Morgan fingerprint density at radius 3 is 2.48 bits per heavy atom. The van der Waals surface area contributed by atoms with Gasteiger partial charge in [-0.15, -0.1) is 31.7 Å². The van der Waals surface area contributed by atoms with Gasteiger partial charge in [0.2, 0.25) is 0 Å². The molecule has 1 amide bonds. The van der Waals surface area contributed by atoms with Gasteiger partial charge in [0.05, 0.1) is 35.0 Å². The van der Waals surface area contributed by atoms with Crippen LogP contribution in [0.3, 0.4) is 0 Å². The first-order valence-electron chi connectivity index (χ1n) is 22.0. The molecule has 13 nitrogen and oxygen atoms in total. The van der Waals surface area contributed by atoms with Gasteiger partial charge in [-0.25, -0.2) is 4.98 Å². The number of amides is 1. The van der Waals surface area contributed by atoms with Gasteiger partial charge < -0.3 is 19.8 Å². The number of aryl methyl sites for hydroxylation is 2. The number of oxazole rings is 1. The number of nitrogens with two attached hydrogens (primary N) is 1. The van der Waals surface area contributed by atoms with Crippen LogP contribution in [0.25, 0.3) is 5.00 Å². The molecule has 2 atom stereocenters. The summed E-state index contributed by atoms with van der Waals surface area (Å²) in [5.41, 5.74) is 11.9. The normalized spacial score (nSPS) is 20.8. The molecule has 0 bridgehead atoms. The van der Waals surface area contributed by atoms with E-state index in [9.17, 15) is 4.79 Å². The zero-order valence-electron chi connectivity index (χ0n) is 35.8. The van der Waals surface area contributed by atoms with Crippen LogP contribution >= 0.6 is 22.9 Å². The molecular formula is C48H51ClN10O3S. The van der Waals surface area contributed by atoms with Gasteiger partial charge in [0, 0.05) is 35.2 Å². The third kappa shape index (κ3) is 8.99. The van der Waals surface area contributed by atoms with Crippen LogP contribution in [0.15, 0.2) is 76.5 Å². The number of hydrogen-bond donors (Lipinski definition) is 1. The number of carbonyl (C=O) groups is 1. The Hall–Kier alpha value is -5.91. The lowest BCUT2D eigenvalue weighted by Gasteiger charge is -2.45. The molecule has 2 saturated carbocycles. The summed E-state index contributed by atoms with van der Waals surface area (Å²) in [6.45, 7) is 8.30. The summed E-state index contributed by atoms with van der Waals surface area (Å²) >= 11 is 7.71. The van der Waals surface area contributed by atoms with E-state index in [-0.39, 0.29) is 11.7 Å². The van der Waals surface area contributed by atoms with Crippen molar-refractivity contribution in [3.63, 3.8) is 0 Å². The smallest absolute Gasteiger partial charge is 0.269 e. The van der Waals surface area contributed by atoms with Crippen molar-refractivity contribution in [3.05, 3.63) is 128 Å². The summed E-state index contributed by atoms with van der Waals surface area (Å²) in [7, 11) is 0. The van der Waals surface area contributed by atoms with Gasteiger partial charge >= 0.3 is 0 Å². The maximum atomic E-state index is 11.4. The van der Waals surface area contributed by atoms with E-state index in [0.29, 0.717) is 46.8 Å². The van der Waals surface area contributed by atoms with Crippen LogP contribution in [0.1, 0.15) is 130 Å². The monoisotopic (exact) mass is 882 g/mol. The number of thiophene rings is 1. The standard InChI is InChI=1S/C35H37N9O2S.C13H14ClNO/c1-19-20(2)47-35-31(19)32(38-28(17-30-37-12-14-46-30)34-42-39-21(3)44(34)35)23-8-6-22(7-9-23)25-15-26(16-25)24-5-4-13-43(18-24)29-11-10-27(33(36)45)40-41-29;14-13-8-12(7-6-10(13)9-15)16-11-4-2-1-3-5-11/h6-12,14,24-26,28H,4-5,13,15-18H2,1-3H3,(H2,36,45);6-8,11H,1-5H2. The molecule has 0 spiro atoms. The van der Waals surface area contributed by atoms with Crippen LogP contribution < -0.4 is 15.4 Å². The first-order valence-corrected chi connectivity index (χ1v) is 23.2. The largest absolute Gasteiger partial charge is 0.490 e. The minimum absolute atomic E-state index is 0.201. The number of rotatable bonds is 9. The van der Waals surface area contributed by atoms with Crippen molar-refractivity contribution in [1.29, 1.82) is 5.26 Å². The molecule has 4 aliphatic rings. The first kappa shape index (κ1) is 42.4. The molecule has 3 fully saturated rings. The van der Waals surface area contributed by atoms with Gasteiger partial charge in [-0.1, -0.05) is 42.3 Å². The van der Waals surface area contributed by atoms with Crippen LogP contribution in [0.4, 0.5) is 5.82 Å². The molecule has 2 aliphatic heterocycles. The first-order chi connectivity index (χ1) is 30.6. The molecule has 6 heterocycles. The third-order valence-electron chi connectivity index (χ3n) is 13.2. The van der Waals surface area contributed by atoms with Crippen LogP contribution in [0.2, 0.25) is 5.02 Å². The lowest BCUT2D eigenvalue weighted by molar-refractivity contribution is 0.0994. The number of aliphatic imine (C=N–C) groups is 1. The predicted molar refractivity (Wildman–Crippen MR) is 243 cm³/mol. The number of nitriles is 1. The molecule has 4 aromatic heterocycles. The van der Waals surface area contributed by atoms with Crippen molar-refractivity contribution in [2.24, 2.45) is 22.6 Å². The number of benzene rings is 2. The SMILES string of the molecule is Cc1sc2c(c1C)C(c1ccc(C3CC(C4CCCN(c5ccc(C(N)=O)nn5)C4)C3)cc1)=NC(Cc1ncco1)c1nnc(C)n1-2.N#Cc1ccc(OC2CCCCC2)cc1Cl. The van der Waals surface area contributed by atoms with E-state index in [0.717, 1.165) is 77.4 Å². The Balaban J connectivity index is 0.000000265. The van der Waals surface area contributed by atoms with Crippen molar-refractivity contribution in [3.8, 4) is 16.8 Å². The third-order valence-corrected chi connectivity index (χ3v) is 14.7. The number of nitrogens with zero attached hydrogens (tertiary/aromatic N) is 9. The Labute approximate surface area is 376 Å². The molecule has 2 N–H and O–H groups in total. The maximum absolute atomic E-state index is 11.4. The highest BCUT2D eigenvalue weighted by molar-refractivity contribution is 7.15. The van der Waals surface area contributed by atoms with Gasteiger partial charge in [-0.3, -0.25) is 14.4 Å². The number of primary amides is 1. The van der Waals surface area contributed by atoms with E-state index in [4.69, 9.17) is 36.7 Å². The number of ether oxygens (including phenoxy) is 1. The summed E-state index contributed by atoms with van der Waals surface area (Å²) in [4.78, 5) is 24.7. The molecule has 63 heavy (non-hydrogen) atoms. The maximum Gasteiger partial charge on any atom is 0.269 e. The number of aromatic nitrogens is 6. The van der Waals surface area contributed by atoms with Crippen LogP contribution in [0.5, 0.6) is 5.75 Å². The Kier molecular flexibility index (Phi) is 12.4. The number of carbonyl (C=O) groups excluding carboxylic acids is 1. The van der Waals surface area contributed by atoms with Gasteiger partial charge in [0.1, 0.15) is 34.9 Å². The number of halogens is 1. The molecule has 0 radical (unpaired) electrons. The van der Waals surface area contributed by atoms with Crippen molar-refractivity contribution >= 4 is 40.4 Å². The van der Waals surface area contributed by atoms with Gasteiger partial charge in [-0.2, -0.15) is 5.26 Å². The number of anilines is 1. The van der Waals surface area contributed by atoms with Crippen LogP contribution in [0, 0.1) is 43.9 Å². The van der Waals surface area contributed by atoms with Crippen molar-refractivity contribution in [2.75, 3.05) is 18.0 Å². The molecule has 324 valence electrons. The van der Waals surface area contributed by atoms with Gasteiger partial charge in [0.25, 0.3) is 5.91 Å². The molecule has 2 unspecified atom stereocenters. The molecule has 1 saturated heterocycles. The molecule has 15 heteroatoms. The van der Waals surface area contributed by atoms with E-state index >= 15 is 0 Å². The summed E-state index contributed by atoms with van der Waals surface area (Å²) in [6.07, 6.45) is 14.9. The molecular weight excluding hydrogens is 832 g/mol. The minimum atomic E-state index is -0.551. The highest BCUT2D eigenvalue weighted by atomic mass is 35.5. The summed E-state index contributed by atoms with van der Waals surface area (Å²) < 4.78 is 13.6. The average molecular weight is 884 g/mol. The summed E-state index contributed by atoms with van der Waals surface area (Å²) in [6, 6.07) is 19.6. The minimum Gasteiger partial charge on any atom is -0.490 e. The Morgan fingerprint density at radius 2 is 1.78 bits per heavy atom. The number of hydrogen-bond acceptors (Lipinski definition) is 12.